The molecule has 0 saturated carbocycles. The van der Waals surface area contributed by atoms with Crippen LogP contribution < -0.4 is 15.5 Å². The van der Waals surface area contributed by atoms with Gasteiger partial charge in [-0.05, 0) is 49.4 Å². The summed E-state index contributed by atoms with van der Waals surface area (Å²) in [5.74, 6) is -0.951. The highest BCUT2D eigenvalue weighted by Crippen LogP contribution is 2.27. The Balaban J connectivity index is 1.46. The number of aromatic nitrogens is 5. The molecular weight excluding hydrogens is 483 g/mol. The normalized spacial score (nSPS) is 11.2. The number of nitrogens with one attached hydrogen (secondary N) is 2. The number of esters is 1. The zero-order valence-electron chi connectivity index (χ0n) is 18.6. The van der Waals surface area contributed by atoms with Crippen LogP contribution in [0.1, 0.15) is 23.0 Å². The Morgan fingerprint density at radius 2 is 1.86 bits per heavy atom. The van der Waals surface area contributed by atoms with E-state index in [9.17, 15) is 22.8 Å². The molecule has 36 heavy (non-hydrogen) atoms. The monoisotopic (exact) mass is 501 g/mol. The molecule has 2 aromatic heterocycles. The number of hydrogen-bond donors (Lipinski definition) is 2. The lowest BCUT2D eigenvalue weighted by atomic mass is 10.1. The second kappa shape index (κ2) is 10.2. The quantitative estimate of drug-likeness (QED) is 0.349. The van der Waals surface area contributed by atoms with Crippen molar-refractivity contribution < 1.29 is 32.2 Å². The molecule has 1 amide bonds. The van der Waals surface area contributed by atoms with E-state index in [-0.39, 0.29) is 24.3 Å². The van der Waals surface area contributed by atoms with Gasteiger partial charge in [0.15, 0.2) is 0 Å². The predicted octanol–water partition coefficient (Wildman–Crippen LogP) is 3.35. The Labute approximate surface area is 201 Å². The second-order valence-electron chi connectivity index (χ2n) is 7.20. The molecule has 4 aromatic rings. The summed E-state index contributed by atoms with van der Waals surface area (Å²) in [6.45, 7) is 1.94. The molecule has 0 aliphatic carbocycles. The summed E-state index contributed by atoms with van der Waals surface area (Å²) in [4.78, 5) is 33.5. The van der Waals surface area contributed by atoms with Gasteiger partial charge in [0.25, 0.3) is 5.91 Å². The van der Waals surface area contributed by atoms with Crippen LogP contribution in [-0.2, 0) is 16.0 Å². The molecule has 0 aliphatic heterocycles. The maximum absolute atomic E-state index is 12.6. The first-order valence-electron chi connectivity index (χ1n) is 10.5. The summed E-state index contributed by atoms with van der Waals surface area (Å²) in [5.41, 5.74) is 3.96. The van der Waals surface area contributed by atoms with Crippen LogP contribution in [-0.4, -0.2) is 49.9 Å². The van der Waals surface area contributed by atoms with E-state index in [1.807, 2.05) is 0 Å². The minimum absolute atomic E-state index is 0.0789. The molecular formula is C22H18F3N7O4. The topological polar surface area (TPSA) is 133 Å². The number of amides is 1. The van der Waals surface area contributed by atoms with Crippen LogP contribution in [0.2, 0.25) is 0 Å². The largest absolute Gasteiger partial charge is 0.573 e. The summed E-state index contributed by atoms with van der Waals surface area (Å²) < 4.78 is 45.7. The molecule has 2 aromatic carbocycles. The van der Waals surface area contributed by atoms with Gasteiger partial charge in [0, 0.05) is 16.6 Å². The third kappa shape index (κ3) is 6.22. The highest BCUT2D eigenvalue weighted by molar-refractivity contribution is 6.03. The summed E-state index contributed by atoms with van der Waals surface area (Å²) >= 11 is 0. The van der Waals surface area contributed by atoms with Crippen LogP contribution in [0.3, 0.4) is 0 Å². The fourth-order valence-corrected chi connectivity index (χ4v) is 3.12. The highest BCUT2D eigenvalue weighted by Gasteiger charge is 2.31. The molecule has 11 nitrogen and oxygen atoms in total. The fraction of sp³-hybridized carbons (Fsp3) is 0.182. The van der Waals surface area contributed by atoms with Gasteiger partial charge in [-0.1, -0.05) is 4.91 Å². The van der Waals surface area contributed by atoms with Crippen LogP contribution in [0, 0.1) is 0 Å². The van der Waals surface area contributed by atoms with Crippen LogP contribution in [0.25, 0.3) is 10.9 Å². The van der Waals surface area contributed by atoms with Gasteiger partial charge in [-0.15, -0.1) is 23.4 Å². The van der Waals surface area contributed by atoms with E-state index in [4.69, 9.17) is 4.74 Å². The molecule has 0 fully saturated rings. The molecule has 0 unspecified atom stereocenters. The van der Waals surface area contributed by atoms with E-state index in [0.717, 1.165) is 4.91 Å². The molecule has 2 N–H and O–H groups in total. The van der Waals surface area contributed by atoms with Crippen molar-refractivity contribution in [1.29, 1.82) is 0 Å². The molecule has 0 aliphatic rings. The second-order valence-corrected chi connectivity index (χ2v) is 7.20. The number of rotatable bonds is 8. The van der Waals surface area contributed by atoms with E-state index in [1.165, 1.54) is 48.9 Å². The summed E-state index contributed by atoms with van der Waals surface area (Å²) in [7, 11) is 0. The van der Waals surface area contributed by atoms with Gasteiger partial charge in [-0.3, -0.25) is 9.59 Å². The minimum atomic E-state index is -4.78. The lowest BCUT2D eigenvalue weighted by Crippen LogP contribution is -2.25. The molecule has 0 saturated heterocycles. The zero-order valence-corrected chi connectivity index (χ0v) is 18.6. The standard InChI is InChI=1S/C22H18F3N7O4/c1-2-35-19(33)10-15-11-28-32(30-15)31-21(34)13-3-8-17-18(9-13)26-12-27-20(17)29-14-4-6-16(7-5-14)36-22(23,24)25/h3-9,11-12H,2,10H2,1H3,(H,31,34)(H,26,27,29). The number of ether oxygens (including phenoxy) is 2. The van der Waals surface area contributed by atoms with Crippen molar-refractivity contribution in [1.82, 2.24) is 25.1 Å². The number of alkyl halides is 3. The molecule has 0 spiro atoms. The van der Waals surface area contributed by atoms with Crippen molar-refractivity contribution >= 4 is 34.3 Å². The molecule has 4 rings (SSSR count). The van der Waals surface area contributed by atoms with E-state index in [1.54, 1.807) is 13.0 Å². The summed E-state index contributed by atoms with van der Waals surface area (Å²) in [6, 6.07) is 9.84. The molecule has 0 atom stereocenters. The Morgan fingerprint density at radius 3 is 2.58 bits per heavy atom. The SMILES string of the molecule is CCOC(=O)Cc1cnn(NC(=O)c2ccc3c(Nc4ccc(OC(F)(F)F)cc4)ncnc3c2)n1. The Morgan fingerprint density at radius 1 is 1.08 bits per heavy atom. The Hall–Kier alpha value is -4.75. The third-order valence-electron chi connectivity index (χ3n) is 4.62. The number of hydrogen-bond acceptors (Lipinski definition) is 9. The number of halogens is 3. The van der Waals surface area contributed by atoms with Gasteiger partial charge in [-0.2, -0.15) is 0 Å². The van der Waals surface area contributed by atoms with Crippen molar-refractivity contribution in [3.63, 3.8) is 0 Å². The maximum atomic E-state index is 12.6. The first-order chi connectivity index (χ1) is 17.2. The summed E-state index contributed by atoms with van der Waals surface area (Å²) in [5, 5.41) is 11.5. The number of carbonyl (C=O) groups excluding carboxylic acids is 2. The predicted molar refractivity (Wildman–Crippen MR) is 120 cm³/mol. The van der Waals surface area contributed by atoms with Crippen molar-refractivity contribution in [2.45, 2.75) is 19.7 Å². The fourth-order valence-electron chi connectivity index (χ4n) is 3.12. The van der Waals surface area contributed by atoms with Crippen molar-refractivity contribution in [2.24, 2.45) is 0 Å². The van der Waals surface area contributed by atoms with Gasteiger partial charge in [0.1, 0.15) is 17.9 Å². The number of carbonyl (C=O) groups is 2. The van der Waals surface area contributed by atoms with Gasteiger partial charge < -0.3 is 14.8 Å². The van der Waals surface area contributed by atoms with Crippen LogP contribution in [0.15, 0.2) is 55.0 Å². The van der Waals surface area contributed by atoms with Crippen molar-refractivity contribution in [3.05, 3.63) is 66.2 Å². The van der Waals surface area contributed by atoms with E-state index >= 15 is 0 Å². The van der Waals surface area contributed by atoms with Gasteiger partial charge >= 0.3 is 12.3 Å². The van der Waals surface area contributed by atoms with E-state index in [0.29, 0.717) is 28.1 Å². The number of anilines is 2. The van der Waals surface area contributed by atoms with E-state index in [2.05, 4.69) is 35.6 Å². The smallest absolute Gasteiger partial charge is 0.466 e. The number of fused-ring (bicyclic) bond motifs is 1. The van der Waals surface area contributed by atoms with E-state index < -0.39 is 18.2 Å². The third-order valence-corrected chi connectivity index (χ3v) is 4.62. The number of nitrogens with zero attached hydrogens (tertiary/aromatic N) is 5. The lowest BCUT2D eigenvalue weighted by molar-refractivity contribution is -0.274. The van der Waals surface area contributed by atoms with Crippen LogP contribution in [0.5, 0.6) is 5.75 Å². The Bertz CT molecular complexity index is 1390. The van der Waals surface area contributed by atoms with Crippen LogP contribution >= 0.6 is 0 Å². The van der Waals surface area contributed by atoms with Crippen molar-refractivity contribution in [2.75, 3.05) is 17.3 Å². The first kappa shape index (κ1) is 24.4. The van der Waals surface area contributed by atoms with Crippen LogP contribution in [0.4, 0.5) is 24.7 Å². The van der Waals surface area contributed by atoms with Crippen molar-refractivity contribution in [3.8, 4) is 5.75 Å². The average molecular weight is 501 g/mol. The van der Waals surface area contributed by atoms with Gasteiger partial charge in [-0.25, -0.2) is 15.4 Å². The highest BCUT2D eigenvalue weighted by atomic mass is 19.4. The molecule has 0 radical (unpaired) electrons. The average Bonchev–Trinajstić information content (AvgIpc) is 3.25. The van der Waals surface area contributed by atoms with Gasteiger partial charge in [0.2, 0.25) is 0 Å². The molecule has 0 bridgehead atoms. The minimum Gasteiger partial charge on any atom is -0.466 e. The summed E-state index contributed by atoms with van der Waals surface area (Å²) in [6.07, 6.45) is -2.24. The first-order valence-corrected chi connectivity index (χ1v) is 10.5. The molecule has 14 heteroatoms. The Kier molecular flexibility index (Phi) is 6.94. The molecule has 186 valence electrons. The van der Waals surface area contributed by atoms with Gasteiger partial charge in [0.05, 0.1) is 30.4 Å². The zero-order chi connectivity index (χ0) is 25.7. The lowest BCUT2D eigenvalue weighted by Gasteiger charge is -2.11. The molecule has 2 heterocycles. The number of benzene rings is 2. The maximum Gasteiger partial charge on any atom is 0.573 e.